The van der Waals surface area contributed by atoms with Crippen LogP contribution < -0.4 is 5.73 Å². The fourth-order valence-electron chi connectivity index (χ4n) is 3.29. The summed E-state index contributed by atoms with van der Waals surface area (Å²) in [7, 11) is 0. The Labute approximate surface area is 108 Å². The predicted molar refractivity (Wildman–Crippen MR) is 73.7 cm³/mol. The van der Waals surface area contributed by atoms with E-state index < -0.39 is 0 Å². The molecule has 0 aliphatic carbocycles. The molecular weight excluding hydrogens is 224 g/mol. The molecule has 0 fully saturated rings. The van der Waals surface area contributed by atoms with E-state index in [1.54, 1.807) is 0 Å². The monoisotopic (exact) mass is 244 g/mol. The molecule has 1 aromatic carbocycles. The zero-order chi connectivity index (χ0) is 12.8. The first-order chi connectivity index (χ1) is 8.67. The van der Waals surface area contributed by atoms with Crippen LogP contribution in [0.25, 0.3) is 10.9 Å². The van der Waals surface area contributed by atoms with Gasteiger partial charge in [0.25, 0.3) is 0 Å². The Bertz CT molecular complexity index is 587. The number of hydrogen-bond donors (Lipinski definition) is 1. The molecular formula is C15H20N2O. The van der Waals surface area contributed by atoms with Gasteiger partial charge in [-0.3, -0.25) is 0 Å². The largest absolute Gasteiger partial charge is 0.367 e. The third kappa shape index (κ3) is 1.51. The minimum atomic E-state index is -0.240. The summed E-state index contributed by atoms with van der Waals surface area (Å²) in [5.41, 5.74) is 9.47. The van der Waals surface area contributed by atoms with E-state index in [0.717, 1.165) is 19.6 Å². The molecule has 1 aromatic heterocycles. The maximum atomic E-state index is 6.04. The summed E-state index contributed by atoms with van der Waals surface area (Å²) in [4.78, 5) is 0. The van der Waals surface area contributed by atoms with Gasteiger partial charge in [-0.05, 0) is 38.4 Å². The normalized spacial score (nSPS) is 23.3. The molecule has 1 unspecified atom stereocenters. The first-order valence-corrected chi connectivity index (χ1v) is 6.60. The minimum Gasteiger partial charge on any atom is -0.367 e. The molecule has 96 valence electrons. The Morgan fingerprint density at radius 1 is 1.39 bits per heavy atom. The van der Waals surface area contributed by atoms with E-state index in [9.17, 15) is 0 Å². The Balaban J connectivity index is 2.29. The fourth-order valence-corrected chi connectivity index (χ4v) is 3.29. The SMILES string of the molecule is Cc1c2n(c3ccccc13)CCOC2(C)CCN. The van der Waals surface area contributed by atoms with Crippen LogP contribution in [0.3, 0.4) is 0 Å². The number of para-hydroxylation sites is 1. The van der Waals surface area contributed by atoms with Gasteiger partial charge in [0, 0.05) is 17.4 Å². The van der Waals surface area contributed by atoms with Crippen LogP contribution in [0.1, 0.15) is 24.6 Å². The average molecular weight is 244 g/mol. The van der Waals surface area contributed by atoms with Gasteiger partial charge in [-0.15, -0.1) is 0 Å². The number of nitrogens with two attached hydrogens (primary N) is 1. The molecule has 3 heteroatoms. The highest BCUT2D eigenvalue weighted by Gasteiger charge is 2.36. The molecule has 1 atom stereocenters. The maximum absolute atomic E-state index is 6.04. The van der Waals surface area contributed by atoms with Crippen molar-refractivity contribution < 1.29 is 4.74 Å². The molecule has 0 saturated carbocycles. The van der Waals surface area contributed by atoms with Gasteiger partial charge >= 0.3 is 0 Å². The van der Waals surface area contributed by atoms with Gasteiger partial charge in [0.05, 0.1) is 12.3 Å². The quantitative estimate of drug-likeness (QED) is 0.882. The summed E-state index contributed by atoms with van der Waals surface area (Å²) in [6.07, 6.45) is 0.865. The molecule has 2 heterocycles. The lowest BCUT2D eigenvalue weighted by molar-refractivity contribution is -0.0677. The number of aromatic nitrogens is 1. The minimum absolute atomic E-state index is 0.240. The number of fused-ring (bicyclic) bond motifs is 3. The van der Waals surface area contributed by atoms with E-state index in [-0.39, 0.29) is 5.60 Å². The van der Waals surface area contributed by atoms with Gasteiger partial charge in [0.15, 0.2) is 0 Å². The highest BCUT2D eigenvalue weighted by molar-refractivity contribution is 5.85. The summed E-state index contributed by atoms with van der Waals surface area (Å²) < 4.78 is 8.45. The molecule has 0 saturated heterocycles. The molecule has 3 nitrogen and oxygen atoms in total. The highest BCUT2D eigenvalue weighted by atomic mass is 16.5. The number of rotatable bonds is 2. The van der Waals surface area contributed by atoms with E-state index in [0.29, 0.717) is 6.54 Å². The number of ether oxygens (including phenoxy) is 1. The van der Waals surface area contributed by atoms with E-state index in [4.69, 9.17) is 10.5 Å². The van der Waals surface area contributed by atoms with Crippen molar-refractivity contribution in [3.05, 3.63) is 35.5 Å². The van der Waals surface area contributed by atoms with E-state index >= 15 is 0 Å². The second-order valence-electron chi connectivity index (χ2n) is 5.26. The Morgan fingerprint density at radius 3 is 2.94 bits per heavy atom. The van der Waals surface area contributed by atoms with Gasteiger partial charge in [0.1, 0.15) is 5.60 Å². The average Bonchev–Trinajstić information content (AvgIpc) is 2.66. The number of aryl methyl sites for hydroxylation is 1. The standard InChI is InChI=1S/C15H20N2O/c1-11-12-5-3-4-6-13(12)17-9-10-18-15(2,7-8-16)14(11)17/h3-6H,7-10,16H2,1-2H3. The van der Waals surface area contributed by atoms with Gasteiger partial charge in [-0.25, -0.2) is 0 Å². The van der Waals surface area contributed by atoms with Crippen molar-refractivity contribution in [2.24, 2.45) is 5.73 Å². The first kappa shape index (κ1) is 11.8. The Kier molecular flexibility index (Phi) is 2.68. The zero-order valence-electron chi connectivity index (χ0n) is 11.1. The highest BCUT2D eigenvalue weighted by Crippen LogP contribution is 2.39. The van der Waals surface area contributed by atoms with Crippen molar-refractivity contribution in [1.29, 1.82) is 0 Å². The van der Waals surface area contributed by atoms with Crippen molar-refractivity contribution in [3.8, 4) is 0 Å². The van der Waals surface area contributed by atoms with Crippen LogP contribution in [0.2, 0.25) is 0 Å². The lowest BCUT2D eigenvalue weighted by atomic mass is 9.93. The second-order valence-corrected chi connectivity index (χ2v) is 5.26. The molecule has 2 aromatic rings. The lowest BCUT2D eigenvalue weighted by Crippen LogP contribution is -2.37. The van der Waals surface area contributed by atoms with E-state index in [1.165, 1.54) is 22.2 Å². The third-order valence-corrected chi connectivity index (χ3v) is 4.08. The molecule has 3 rings (SSSR count). The van der Waals surface area contributed by atoms with Gasteiger partial charge in [-0.2, -0.15) is 0 Å². The van der Waals surface area contributed by atoms with Crippen LogP contribution in [0.4, 0.5) is 0 Å². The lowest BCUT2D eigenvalue weighted by Gasteiger charge is -2.36. The topological polar surface area (TPSA) is 40.2 Å². The molecule has 0 radical (unpaired) electrons. The first-order valence-electron chi connectivity index (χ1n) is 6.60. The van der Waals surface area contributed by atoms with Crippen LogP contribution in [0.5, 0.6) is 0 Å². The van der Waals surface area contributed by atoms with Crippen molar-refractivity contribution in [1.82, 2.24) is 4.57 Å². The van der Waals surface area contributed by atoms with Crippen LogP contribution in [0, 0.1) is 6.92 Å². The number of benzene rings is 1. The van der Waals surface area contributed by atoms with Crippen molar-refractivity contribution in [3.63, 3.8) is 0 Å². The molecule has 0 spiro atoms. The van der Waals surface area contributed by atoms with E-state index in [1.807, 2.05) is 0 Å². The van der Waals surface area contributed by atoms with Gasteiger partial charge < -0.3 is 15.0 Å². The maximum Gasteiger partial charge on any atom is 0.107 e. The molecule has 0 amide bonds. The van der Waals surface area contributed by atoms with Crippen LogP contribution >= 0.6 is 0 Å². The van der Waals surface area contributed by atoms with Crippen molar-refractivity contribution >= 4 is 10.9 Å². The summed E-state index contributed by atoms with van der Waals surface area (Å²) in [6, 6.07) is 8.59. The summed E-state index contributed by atoms with van der Waals surface area (Å²) in [5, 5.41) is 1.33. The second kappa shape index (κ2) is 4.11. The summed E-state index contributed by atoms with van der Waals surface area (Å²) in [6.45, 7) is 6.71. The Morgan fingerprint density at radius 2 is 2.17 bits per heavy atom. The fraction of sp³-hybridized carbons (Fsp3) is 0.467. The van der Waals surface area contributed by atoms with Crippen molar-refractivity contribution in [2.75, 3.05) is 13.2 Å². The summed E-state index contributed by atoms with van der Waals surface area (Å²) >= 11 is 0. The number of nitrogens with zero attached hydrogens (tertiary/aromatic N) is 1. The van der Waals surface area contributed by atoms with Gasteiger partial charge in [0.2, 0.25) is 0 Å². The zero-order valence-corrected chi connectivity index (χ0v) is 11.1. The van der Waals surface area contributed by atoms with Crippen LogP contribution in [-0.4, -0.2) is 17.7 Å². The summed E-state index contributed by atoms with van der Waals surface area (Å²) in [5.74, 6) is 0. The molecule has 1 aliphatic rings. The molecule has 2 N–H and O–H groups in total. The van der Waals surface area contributed by atoms with Crippen LogP contribution in [0.15, 0.2) is 24.3 Å². The predicted octanol–water partition coefficient (Wildman–Crippen LogP) is 2.54. The van der Waals surface area contributed by atoms with Gasteiger partial charge in [-0.1, -0.05) is 18.2 Å². The number of hydrogen-bond acceptors (Lipinski definition) is 2. The van der Waals surface area contributed by atoms with E-state index in [2.05, 4.69) is 42.7 Å². The van der Waals surface area contributed by atoms with Crippen LogP contribution in [-0.2, 0) is 16.9 Å². The molecule has 1 aliphatic heterocycles. The third-order valence-electron chi connectivity index (χ3n) is 4.08. The molecule has 0 bridgehead atoms. The Hall–Kier alpha value is -1.32. The smallest absolute Gasteiger partial charge is 0.107 e. The van der Waals surface area contributed by atoms with Crippen molar-refractivity contribution in [2.45, 2.75) is 32.4 Å². The molecule has 18 heavy (non-hydrogen) atoms.